The van der Waals surface area contributed by atoms with Crippen molar-refractivity contribution in [3.8, 4) is 11.1 Å². The minimum absolute atomic E-state index is 0.0633. The minimum Gasteiger partial charge on any atom is -0.355 e. The molecule has 4 aliphatic heterocycles. The number of hydrogen-bond donors (Lipinski definition) is 2. The standard InChI is InChI=1S/C48H31B3N4/c1-3-16-30(17-4-1)52-36-24-15-25-37(53-31-18-5-2-6-19-31)42(36)43-44-47-46-48-45(43)50-33-21-8-12-27-39(33)55(48)41-29-14-10-23-35(41)51(46)34-22-9-13-28-40(34)54(47)38-26-11-7-20-32(38)49-44/h1-29,52-53H. The molecule has 4 aliphatic rings. The minimum atomic E-state index is 0.0633. The molecule has 55 heavy (non-hydrogen) atoms. The molecule has 0 fully saturated rings. The van der Waals surface area contributed by atoms with Gasteiger partial charge in [0.1, 0.15) is 0 Å². The highest BCUT2D eigenvalue weighted by atomic mass is 15.2. The van der Waals surface area contributed by atoms with Crippen LogP contribution in [0.1, 0.15) is 0 Å². The van der Waals surface area contributed by atoms with E-state index >= 15 is 0 Å². The molecule has 8 aromatic carbocycles. The van der Waals surface area contributed by atoms with Gasteiger partial charge in [-0.25, -0.2) is 0 Å². The average Bonchev–Trinajstić information content (AvgIpc) is 3.24. The van der Waals surface area contributed by atoms with Gasteiger partial charge in [0.25, 0.3) is 6.71 Å². The van der Waals surface area contributed by atoms with E-state index in [-0.39, 0.29) is 6.71 Å². The van der Waals surface area contributed by atoms with Crippen LogP contribution in [0.2, 0.25) is 0 Å². The van der Waals surface area contributed by atoms with Crippen LogP contribution in [0, 0.1) is 0 Å². The summed E-state index contributed by atoms with van der Waals surface area (Å²) in [5.41, 5.74) is 22.7. The maximum Gasteiger partial charge on any atom is 0.252 e. The van der Waals surface area contributed by atoms with E-state index in [9.17, 15) is 0 Å². The van der Waals surface area contributed by atoms with Crippen LogP contribution in [0.3, 0.4) is 0 Å². The third kappa shape index (κ3) is 4.44. The first-order valence-corrected chi connectivity index (χ1v) is 19.0. The number of para-hydroxylation sites is 6. The Morgan fingerprint density at radius 1 is 0.382 bits per heavy atom. The van der Waals surface area contributed by atoms with E-state index in [0.717, 1.165) is 28.3 Å². The fourth-order valence-corrected chi connectivity index (χ4v) is 9.50. The van der Waals surface area contributed by atoms with Crippen LogP contribution >= 0.6 is 0 Å². The molecule has 0 saturated heterocycles. The third-order valence-corrected chi connectivity index (χ3v) is 11.6. The summed E-state index contributed by atoms with van der Waals surface area (Å²) in [7, 11) is 4.89. The highest BCUT2D eigenvalue weighted by Crippen LogP contribution is 2.47. The van der Waals surface area contributed by atoms with Gasteiger partial charge in [0.2, 0.25) is 0 Å². The normalized spacial score (nSPS) is 13.3. The van der Waals surface area contributed by atoms with Crippen LogP contribution < -0.4 is 58.7 Å². The summed E-state index contributed by atoms with van der Waals surface area (Å²) in [6.07, 6.45) is 0. The quantitative estimate of drug-likeness (QED) is 0.193. The first kappa shape index (κ1) is 30.6. The Morgan fingerprint density at radius 3 is 1.29 bits per heavy atom. The van der Waals surface area contributed by atoms with Gasteiger partial charge in [-0.05, 0) is 82.6 Å². The summed E-state index contributed by atoms with van der Waals surface area (Å²) in [6, 6.07) is 63.5. The molecule has 12 rings (SSSR count). The highest BCUT2D eigenvalue weighted by Gasteiger charge is 2.49. The Labute approximate surface area is 322 Å². The summed E-state index contributed by atoms with van der Waals surface area (Å²) in [5, 5.41) is 7.75. The SMILES string of the molecule is [B]1c2ccccc2N2c3ccccc3B3c4ccccc4N4c5ccccc5[B]c5c(-c6c(Nc7ccccc7)cccc6Nc6ccccc6)c1c2c3c54. The van der Waals surface area contributed by atoms with Crippen molar-refractivity contribution in [2.75, 3.05) is 20.4 Å². The van der Waals surface area contributed by atoms with Gasteiger partial charge < -0.3 is 20.4 Å². The molecule has 0 amide bonds. The van der Waals surface area contributed by atoms with Gasteiger partial charge in [0, 0.05) is 62.4 Å². The Morgan fingerprint density at radius 2 is 0.800 bits per heavy atom. The van der Waals surface area contributed by atoms with Gasteiger partial charge in [-0.1, -0.05) is 137 Å². The van der Waals surface area contributed by atoms with Crippen LogP contribution in [0.5, 0.6) is 0 Å². The summed E-state index contributed by atoms with van der Waals surface area (Å²) < 4.78 is 0. The maximum absolute atomic E-state index is 3.87. The number of rotatable bonds is 5. The predicted octanol–water partition coefficient (Wildman–Crippen LogP) is 6.86. The zero-order valence-corrected chi connectivity index (χ0v) is 29.9. The first-order valence-electron chi connectivity index (χ1n) is 19.0. The van der Waals surface area contributed by atoms with Crippen LogP contribution in [0.15, 0.2) is 176 Å². The number of nitrogens with one attached hydrogen (secondary N) is 2. The van der Waals surface area contributed by atoms with Crippen LogP contribution in [0.25, 0.3) is 11.1 Å². The van der Waals surface area contributed by atoms with Crippen LogP contribution in [-0.4, -0.2) is 21.3 Å². The zero-order valence-electron chi connectivity index (χ0n) is 29.9. The summed E-state index contributed by atoms with van der Waals surface area (Å²) >= 11 is 0. The van der Waals surface area contributed by atoms with E-state index in [2.05, 4.69) is 211 Å². The van der Waals surface area contributed by atoms with Crippen molar-refractivity contribution in [1.29, 1.82) is 0 Å². The molecule has 2 radical (unpaired) electrons. The molecule has 0 unspecified atom stereocenters. The molecule has 0 saturated carbocycles. The number of anilines is 10. The van der Waals surface area contributed by atoms with E-state index in [1.54, 1.807) is 0 Å². The summed E-state index contributed by atoms with van der Waals surface area (Å²) in [6.45, 7) is 0.0633. The van der Waals surface area contributed by atoms with E-state index < -0.39 is 0 Å². The van der Waals surface area contributed by atoms with E-state index in [1.807, 2.05) is 0 Å². The fourth-order valence-electron chi connectivity index (χ4n) is 9.50. The molecular weight excluding hydrogens is 665 g/mol. The highest BCUT2D eigenvalue weighted by molar-refractivity contribution is 7.02. The first-order chi connectivity index (χ1) is 27.3. The average molecular weight is 696 g/mol. The van der Waals surface area contributed by atoms with Gasteiger partial charge in [-0.2, -0.15) is 0 Å². The smallest absolute Gasteiger partial charge is 0.252 e. The number of hydrogen-bond acceptors (Lipinski definition) is 4. The largest absolute Gasteiger partial charge is 0.355 e. The lowest BCUT2D eigenvalue weighted by Gasteiger charge is -2.50. The van der Waals surface area contributed by atoms with Crippen molar-refractivity contribution in [1.82, 2.24) is 0 Å². The van der Waals surface area contributed by atoms with Crippen molar-refractivity contribution in [3.05, 3.63) is 176 Å². The van der Waals surface area contributed by atoms with Gasteiger partial charge in [-0.15, -0.1) is 0 Å². The van der Waals surface area contributed by atoms with Crippen molar-refractivity contribution in [2.45, 2.75) is 0 Å². The molecule has 252 valence electrons. The second-order valence-corrected chi connectivity index (χ2v) is 14.7. The zero-order chi connectivity index (χ0) is 36.0. The topological polar surface area (TPSA) is 30.5 Å². The van der Waals surface area contributed by atoms with E-state index in [1.165, 1.54) is 77.9 Å². The fraction of sp³-hybridized carbons (Fsp3) is 0. The Bertz CT molecular complexity index is 2670. The molecule has 0 aliphatic carbocycles. The third-order valence-electron chi connectivity index (χ3n) is 11.6. The lowest BCUT2D eigenvalue weighted by Crippen LogP contribution is -2.67. The van der Waals surface area contributed by atoms with Crippen molar-refractivity contribution < 1.29 is 0 Å². The number of fused-ring (bicyclic) bond motifs is 10. The molecule has 0 spiro atoms. The van der Waals surface area contributed by atoms with Gasteiger partial charge >= 0.3 is 0 Å². The monoisotopic (exact) mass is 696 g/mol. The maximum atomic E-state index is 3.87. The molecule has 7 heteroatoms. The lowest BCUT2D eigenvalue weighted by molar-refractivity contribution is 1.27. The molecule has 0 aromatic heterocycles. The second kappa shape index (κ2) is 11.8. The predicted molar refractivity (Wildman–Crippen MR) is 235 cm³/mol. The molecule has 0 bridgehead atoms. The number of nitrogens with zero attached hydrogens (tertiary/aromatic N) is 2. The van der Waals surface area contributed by atoms with Crippen LogP contribution in [-0.2, 0) is 0 Å². The molecule has 8 aromatic rings. The summed E-state index contributed by atoms with van der Waals surface area (Å²) in [5.74, 6) is 0. The molecule has 4 heterocycles. The van der Waals surface area contributed by atoms with Gasteiger partial charge in [-0.3, -0.25) is 0 Å². The molecular formula is C48H31B3N4. The Kier molecular flexibility index (Phi) is 6.58. The number of benzene rings is 8. The molecule has 2 N–H and O–H groups in total. The Hall–Kier alpha value is -6.85. The van der Waals surface area contributed by atoms with Crippen molar-refractivity contribution in [3.63, 3.8) is 0 Å². The summed E-state index contributed by atoms with van der Waals surface area (Å²) in [4.78, 5) is 5.11. The van der Waals surface area contributed by atoms with E-state index in [0.29, 0.717) is 0 Å². The lowest BCUT2D eigenvalue weighted by atomic mass is 9.31. The van der Waals surface area contributed by atoms with Crippen LogP contribution in [0.4, 0.5) is 56.9 Å². The molecule has 0 atom stereocenters. The van der Waals surface area contributed by atoms with Gasteiger partial charge in [0.15, 0.2) is 14.6 Å². The Balaban J connectivity index is 1.25. The molecule has 4 nitrogen and oxygen atoms in total. The van der Waals surface area contributed by atoms with Crippen molar-refractivity contribution in [2.24, 2.45) is 0 Å². The van der Waals surface area contributed by atoms with Gasteiger partial charge in [0.05, 0.1) is 0 Å². The van der Waals surface area contributed by atoms with E-state index in [4.69, 9.17) is 0 Å². The van der Waals surface area contributed by atoms with Crippen molar-refractivity contribution >= 4 is 116 Å². The second-order valence-electron chi connectivity index (χ2n) is 14.7.